The molecule has 0 saturated heterocycles. The molecule has 0 heterocycles. The SMILES string of the molecule is Sc1cc(Cl)c(Cl)cc1Cl.[Zn]. The molecule has 0 amide bonds. The third kappa shape index (κ3) is 3.12. The van der Waals surface area contributed by atoms with E-state index in [4.69, 9.17) is 34.8 Å². The molecule has 0 bridgehead atoms. The average Bonchev–Trinajstić information content (AvgIpc) is 1.84. The number of rotatable bonds is 0. The molecule has 0 unspecified atom stereocenters. The average molecular weight is 279 g/mol. The van der Waals surface area contributed by atoms with Gasteiger partial charge < -0.3 is 0 Å². The fourth-order valence-electron chi connectivity index (χ4n) is 0.512. The van der Waals surface area contributed by atoms with Crippen LogP contribution in [-0.2, 0) is 19.5 Å². The number of hydrogen-bond donors (Lipinski definition) is 1. The van der Waals surface area contributed by atoms with Crippen LogP contribution in [0.4, 0.5) is 0 Å². The Morgan fingerprint density at radius 3 is 1.82 bits per heavy atom. The van der Waals surface area contributed by atoms with Crippen LogP contribution in [0.25, 0.3) is 0 Å². The maximum absolute atomic E-state index is 5.67. The van der Waals surface area contributed by atoms with Gasteiger partial charge >= 0.3 is 0 Å². The molecule has 0 radical (unpaired) electrons. The van der Waals surface area contributed by atoms with Crippen molar-refractivity contribution in [3.8, 4) is 0 Å². The Kier molecular flexibility index (Phi) is 5.42. The summed E-state index contributed by atoms with van der Waals surface area (Å²) in [4.78, 5) is 0.635. The minimum atomic E-state index is 0. The summed E-state index contributed by atoms with van der Waals surface area (Å²) in [6.07, 6.45) is 0. The van der Waals surface area contributed by atoms with Gasteiger partial charge in [-0.25, -0.2) is 0 Å². The van der Waals surface area contributed by atoms with Crippen molar-refractivity contribution < 1.29 is 19.5 Å². The van der Waals surface area contributed by atoms with Gasteiger partial charge in [0.15, 0.2) is 0 Å². The van der Waals surface area contributed by atoms with Gasteiger partial charge in [-0.1, -0.05) is 34.8 Å². The van der Waals surface area contributed by atoms with Crippen molar-refractivity contribution in [3.63, 3.8) is 0 Å². The van der Waals surface area contributed by atoms with E-state index in [1.807, 2.05) is 0 Å². The zero-order chi connectivity index (χ0) is 7.72. The van der Waals surface area contributed by atoms with E-state index in [-0.39, 0.29) is 19.5 Å². The molecule has 0 aliphatic carbocycles. The van der Waals surface area contributed by atoms with E-state index in [2.05, 4.69) is 12.6 Å². The molecule has 11 heavy (non-hydrogen) atoms. The van der Waals surface area contributed by atoms with E-state index >= 15 is 0 Å². The maximum atomic E-state index is 5.67. The second-order valence-corrected chi connectivity index (χ2v) is 3.42. The van der Waals surface area contributed by atoms with Crippen molar-refractivity contribution in [1.29, 1.82) is 0 Å². The van der Waals surface area contributed by atoms with Crippen LogP contribution in [-0.4, -0.2) is 0 Å². The summed E-state index contributed by atoms with van der Waals surface area (Å²) < 4.78 is 0. The van der Waals surface area contributed by atoms with Crippen molar-refractivity contribution in [1.82, 2.24) is 0 Å². The van der Waals surface area contributed by atoms with Crippen LogP contribution in [0.3, 0.4) is 0 Å². The molecule has 5 heteroatoms. The predicted molar refractivity (Wildman–Crippen MR) is 48.7 cm³/mol. The molecule has 0 spiro atoms. The molecule has 0 atom stereocenters. The molecule has 0 aliphatic rings. The van der Waals surface area contributed by atoms with E-state index in [9.17, 15) is 0 Å². The van der Waals surface area contributed by atoms with Gasteiger partial charge in [0, 0.05) is 24.4 Å². The van der Waals surface area contributed by atoms with Crippen LogP contribution >= 0.6 is 47.4 Å². The Bertz CT molecular complexity index is 214. The second-order valence-electron chi connectivity index (χ2n) is 1.72. The van der Waals surface area contributed by atoms with Gasteiger partial charge in [-0.05, 0) is 12.1 Å². The van der Waals surface area contributed by atoms with Crippen LogP contribution in [0.5, 0.6) is 0 Å². The standard InChI is InChI=1S/C6H3Cl3S.Zn/c7-3-1-5(9)6(10)2-4(3)8;/h1-2,10H;. The van der Waals surface area contributed by atoms with Crippen molar-refractivity contribution in [3.05, 3.63) is 27.2 Å². The summed E-state index contributed by atoms with van der Waals surface area (Å²) >= 11 is 21.0. The molecule has 0 aliphatic heterocycles. The van der Waals surface area contributed by atoms with Crippen molar-refractivity contribution >= 4 is 47.4 Å². The quantitative estimate of drug-likeness (QED) is 0.415. The molecular formula is C6H3Cl3SZn. The summed E-state index contributed by atoms with van der Waals surface area (Å²) in [7, 11) is 0. The summed E-state index contributed by atoms with van der Waals surface area (Å²) in [5, 5.41) is 1.43. The second kappa shape index (κ2) is 4.94. The minimum absolute atomic E-state index is 0. The van der Waals surface area contributed by atoms with Crippen molar-refractivity contribution in [2.75, 3.05) is 0 Å². The van der Waals surface area contributed by atoms with Crippen LogP contribution in [0.1, 0.15) is 0 Å². The molecule has 0 fully saturated rings. The van der Waals surface area contributed by atoms with Gasteiger partial charge in [0.25, 0.3) is 0 Å². The minimum Gasteiger partial charge on any atom is -0.142 e. The third-order valence-electron chi connectivity index (χ3n) is 0.990. The third-order valence-corrected chi connectivity index (χ3v) is 2.53. The fraction of sp³-hybridized carbons (Fsp3) is 0. The molecular weight excluding hydrogens is 276 g/mol. The first-order valence-corrected chi connectivity index (χ1v) is 4.03. The summed E-state index contributed by atoms with van der Waals surface area (Å²) in [5.74, 6) is 0. The van der Waals surface area contributed by atoms with Crippen LogP contribution in [0.2, 0.25) is 15.1 Å². The van der Waals surface area contributed by atoms with Crippen molar-refractivity contribution in [2.45, 2.75) is 4.90 Å². The van der Waals surface area contributed by atoms with E-state index in [1.165, 1.54) is 0 Å². The predicted octanol–water partition coefficient (Wildman–Crippen LogP) is 3.93. The Balaban J connectivity index is 0.000001000. The molecule has 1 rings (SSSR count). The topological polar surface area (TPSA) is 0 Å². The number of halogens is 3. The molecule has 1 aromatic carbocycles. The molecule has 0 saturated carbocycles. The normalized spacial score (nSPS) is 9.09. The molecule has 0 nitrogen and oxygen atoms in total. The molecule has 0 aromatic heterocycles. The number of hydrogen-bond acceptors (Lipinski definition) is 1. The van der Waals surface area contributed by atoms with Crippen LogP contribution in [0.15, 0.2) is 17.0 Å². The Hall–Kier alpha value is 1.06. The Labute approximate surface area is 98.4 Å². The summed E-state index contributed by atoms with van der Waals surface area (Å²) in [6.45, 7) is 0. The first-order valence-electron chi connectivity index (χ1n) is 2.45. The van der Waals surface area contributed by atoms with Gasteiger partial charge in [0.1, 0.15) is 0 Å². The summed E-state index contributed by atoms with van der Waals surface area (Å²) in [5.41, 5.74) is 0. The van der Waals surface area contributed by atoms with Gasteiger partial charge in [0.05, 0.1) is 15.1 Å². The van der Waals surface area contributed by atoms with E-state index in [0.717, 1.165) is 0 Å². The first-order chi connectivity index (χ1) is 4.61. The van der Waals surface area contributed by atoms with Crippen LogP contribution < -0.4 is 0 Å². The van der Waals surface area contributed by atoms with E-state index in [0.29, 0.717) is 20.0 Å². The number of benzene rings is 1. The summed E-state index contributed by atoms with van der Waals surface area (Å²) in [6, 6.07) is 3.17. The molecule has 56 valence electrons. The first kappa shape index (κ1) is 12.1. The zero-order valence-corrected chi connectivity index (χ0v) is 11.6. The fourth-order valence-corrected chi connectivity index (χ4v) is 1.33. The monoisotopic (exact) mass is 276 g/mol. The molecule has 1 aromatic rings. The molecule has 0 N–H and O–H groups in total. The van der Waals surface area contributed by atoms with Gasteiger partial charge in [-0.15, -0.1) is 12.6 Å². The van der Waals surface area contributed by atoms with Gasteiger partial charge in [-0.2, -0.15) is 0 Å². The Morgan fingerprint density at radius 1 is 0.909 bits per heavy atom. The zero-order valence-electron chi connectivity index (χ0n) is 5.44. The largest absolute Gasteiger partial charge is 0.142 e. The van der Waals surface area contributed by atoms with E-state index < -0.39 is 0 Å². The van der Waals surface area contributed by atoms with Crippen molar-refractivity contribution in [2.24, 2.45) is 0 Å². The van der Waals surface area contributed by atoms with Gasteiger partial charge in [-0.3, -0.25) is 0 Å². The van der Waals surface area contributed by atoms with E-state index in [1.54, 1.807) is 12.1 Å². The number of thiol groups is 1. The Morgan fingerprint density at radius 2 is 1.36 bits per heavy atom. The van der Waals surface area contributed by atoms with Crippen LogP contribution in [0, 0.1) is 0 Å². The maximum Gasteiger partial charge on any atom is 0.0607 e. The smallest absolute Gasteiger partial charge is 0.0607 e. The van der Waals surface area contributed by atoms with Gasteiger partial charge in [0.2, 0.25) is 0 Å².